The van der Waals surface area contributed by atoms with Crippen LogP contribution in [0, 0.1) is 5.92 Å². The van der Waals surface area contributed by atoms with Crippen LogP contribution in [-0.4, -0.2) is 28.8 Å². The van der Waals surface area contributed by atoms with E-state index in [-0.39, 0.29) is 0 Å². The summed E-state index contributed by atoms with van der Waals surface area (Å²) in [6.07, 6.45) is 3.74. The van der Waals surface area contributed by atoms with Gasteiger partial charge in [-0.3, -0.25) is 4.98 Å². The van der Waals surface area contributed by atoms with Gasteiger partial charge in [0.15, 0.2) is 0 Å². The van der Waals surface area contributed by atoms with E-state index in [0.29, 0.717) is 5.92 Å². The van der Waals surface area contributed by atoms with Crippen molar-refractivity contribution in [1.82, 2.24) is 9.88 Å². The number of nitrogens with zero attached hydrogens (tertiary/aromatic N) is 2. The summed E-state index contributed by atoms with van der Waals surface area (Å²) in [5.74, 6) is 0.691. The van der Waals surface area contributed by atoms with Gasteiger partial charge in [0, 0.05) is 30.8 Å². The molecular formula is C11H17BrN2. The van der Waals surface area contributed by atoms with E-state index in [4.69, 9.17) is 0 Å². The maximum absolute atomic E-state index is 4.10. The monoisotopic (exact) mass is 256 g/mol. The summed E-state index contributed by atoms with van der Waals surface area (Å²) in [5.41, 5.74) is 1.27. The van der Waals surface area contributed by atoms with E-state index in [1.54, 1.807) is 0 Å². The molecule has 0 bridgehead atoms. The zero-order valence-electron chi connectivity index (χ0n) is 8.78. The SMILES string of the molecule is CC(CBr)CN(C)Cc1cccnc1. The van der Waals surface area contributed by atoms with Crippen molar-refractivity contribution in [3.8, 4) is 0 Å². The first-order chi connectivity index (χ1) is 6.72. The van der Waals surface area contributed by atoms with Crippen LogP contribution in [0.4, 0.5) is 0 Å². The van der Waals surface area contributed by atoms with E-state index < -0.39 is 0 Å². The van der Waals surface area contributed by atoms with E-state index in [2.05, 4.69) is 45.9 Å². The quantitative estimate of drug-likeness (QED) is 0.753. The second kappa shape index (κ2) is 6.14. The Morgan fingerprint density at radius 1 is 1.57 bits per heavy atom. The van der Waals surface area contributed by atoms with Crippen molar-refractivity contribution < 1.29 is 0 Å². The van der Waals surface area contributed by atoms with Crippen molar-refractivity contribution in [2.24, 2.45) is 5.92 Å². The minimum absolute atomic E-state index is 0.691. The Labute approximate surface area is 94.5 Å². The molecular weight excluding hydrogens is 240 g/mol. The highest BCUT2D eigenvalue weighted by Crippen LogP contribution is 2.06. The predicted octanol–water partition coefficient (Wildman–Crippen LogP) is 2.54. The molecule has 0 saturated carbocycles. The molecule has 0 aliphatic carbocycles. The fourth-order valence-corrected chi connectivity index (χ4v) is 1.65. The molecule has 0 aliphatic rings. The Kier molecular flexibility index (Phi) is 5.12. The molecule has 3 heteroatoms. The van der Waals surface area contributed by atoms with Gasteiger partial charge < -0.3 is 4.90 Å². The van der Waals surface area contributed by atoms with Crippen LogP contribution in [-0.2, 0) is 6.54 Å². The zero-order chi connectivity index (χ0) is 10.4. The summed E-state index contributed by atoms with van der Waals surface area (Å²) < 4.78 is 0. The molecule has 1 atom stereocenters. The van der Waals surface area contributed by atoms with Gasteiger partial charge in [0.05, 0.1) is 0 Å². The Morgan fingerprint density at radius 3 is 2.93 bits per heavy atom. The maximum Gasteiger partial charge on any atom is 0.0312 e. The van der Waals surface area contributed by atoms with Crippen LogP contribution in [0.25, 0.3) is 0 Å². The van der Waals surface area contributed by atoms with Crippen molar-refractivity contribution >= 4 is 15.9 Å². The summed E-state index contributed by atoms with van der Waals surface area (Å²) in [5, 5.41) is 1.06. The first kappa shape index (κ1) is 11.7. The third-order valence-corrected chi connectivity index (χ3v) is 3.17. The van der Waals surface area contributed by atoms with Crippen LogP contribution in [0.3, 0.4) is 0 Å². The lowest BCUT2D eigenvalue weighted by Crippen LogP contribution is -2.24. The lowest BCUT2D eigenvalue weighted by Gasteiger charge is -2.19. The van der Waals surface area contributed by atoms with E-state index in [1.807, 2.05) is 18.5 Å². The van der Waals surface area contributed by atoms with Gasteiger partial charge in [-0.2, -0.15) is 0 Å². The number of hydrogen-bond donors (Lipinski definition) is 0. The maximum atomic E-state index is 4.10. The Morgan fingerprint density at radius 2 is 2.36 bits per heavy atom. The molecule has 2 nitrogen and oxygen atoms in total. The van der Waals surface area contributed by atoms with Crippen molar-refractivity contribution in [3.05, 3.63) is 30.1 Å². The fraction of sp³-hybridized carbons (Fsp3) is 0.545. The average molecular weight is 257 g/mol. The van der Waals surface area contributed by atoms with Gasteiger partial charge in [0.2, 0.25) is 0 Å². The molecule has 0 N–H and O–H groups in total. The van der Waals surface area contributed by atoms with E-state index in [9.17, 15) is 0 Å². The van der Waals surface area contributed by atoms with Crippen molar-refractivity contribution in [2.45, 2.75) is 13.5 Å². The van der Waals surface area contributed by atoms with Crippen molar-refractivity contribution in [2.75, 3.05) is 18.9 Å². The van der Waals surface area contributed by atoms with Gasteiger partial charge in [-0.05, 0) is 24.6 Å². The molecule has 0 fully saturated rings. The molecule has 1 unspecified atom stereocenters. The standard InChI is InChI=1S/C11H17BrN2/c1-10(6-12)8-14(2)9-11-4-3-5-13-7-11/h3-5,7,10H,6,8-9H2,1-2H3. The summed E-state index contributed by atoms with van der Waals surface area (Å²) >= 11 is 3.49. The summed E-state index contributed by atoms with van der Waals surface area (Å²) in [7, 11) is 2.14. The molecule has 14 heavy (non-hydrogen) atoms. The van der Waals surface area contributed by atoms with Crippen LogP contribution in [0.1, 0.15) is 12.5 Å². The second-order valence-electron chi connectivity index (χ2n) is 3.82. The van der Waals surface area contributed by atoms with Crippen LogP contribution in [0.15, 0.2) is 24.5 Å². The summed E-state index contributed by atoms with van der Waals surface area (Å²) in [6, 6.07) is 4.10. The van der Waals surface area contributed by atoms with Gasteiger partial charge in [-0.15, -0.1) is 0 Å². The summed E-state index contributed by atoms with van der Waals surface area (Å²) in [4.78, 5) is 6.42. The van der Waals surface area contributed by atoms with Gasteiger partial charge in [-0.1, -0.05) is 28.9 Å². The minimum atomic E-state index is 0.691. The minimum Gasteiger partial charge on any atom is -0.302 e. The Bertz CT molecular complexity index is 251. The van der Waals surface area contributed by atoms with Gasteiger partial charge >= 0.3 is 0 Å². The van der Waals surface area contributed by atoms with Crippen LogP contribution < -0.4 is 0 Å². The highest BCUT2D eigenvalue weighted by Gasteiger charge is 2.05. The van der Waals surface area contributed by atoms with E-state index in [0.717, 1.165) is 18.4 Å². The molecule has 1 aromatic heterocycles. The van der Waals surface area contributed by atoms with E-state index in [1.165, 1.54) is 5.56 Å². The molecule has 1 heterocycles. The molecule has 0 spiro atoms. The van der Waals surface area contributed by atoms with Crippen LogP contribution in [0.5, 0.6) is 0 Å². The first-order valence-electron chi connectivity index (χ1n) is 4.85. The highest BCUT2D eigenvalue weighted by molar-refractivity contribution is 9.09. The zero-order valence-corrected chi connectivity index (χ0v) is 10.4. The molecule has 0 aliphatic heterocycles. The number of pyridine rings is 1. The summed E-state index contributed by atoms with van der Waals surface area (Å²) in [6.45, 7) is 4.33. The number of halogens is 1. The lowest BCUT2D eigenvalue weighted by atomic mass is 10.2. The third-order valence-electron chi connectivity index (χ3n) is 2.06. The molecule has 0 radical (unpaired) electrons. The predicted molar refractivity (Wildman–Crippen MR) is 63.5 cm³/mol. The number of hydrogen-bond acceptors (Lipinski definition) is 2. The second-order valence-corrected chi connectivity index (χ2v) is 4.46. The van der Waals surface area contributed by atoms with Gasteiger partial charge in [-0.25, -0.2) is 0 Å². The number of alkyl halides is 1. The van der Waals surface area contributed by atoms with Crippen molar-refractivity contribution in [1.29, 1.82) is 0 Å². The smallest absolute Gasteiger partial charge is 0.0312 e. The largest absolute Gasteiger partial charge is 0.302 e. The van der Waals surface area contributed by atoms with Crippen LogP contribution in [0.2, 0.25) is 0 Å². The molecule has 1 aromatic rings. The van der Waals surface area contributed by atoms with Crippen LogP contribution >= 0.6 is 15.9 Å². The fourth-order valence-electron chi connectivity index (χ4n) is 1.45. The molecule has 0 saturated heterocycles. The average Bonchev–Trinajstić information content (AvgIpc) is 2.19. The Balaban J connectivity index is 2.37. The number of rotatable bonds is 5. The molecule has 0 amide bonds. The van der Waals surface area contributed by atoms with Crippen molar-refractivity contribution in [3.63, 3.8) is 0 Å². The molecule has 0 aromatic carbocycles. The number of aromatic nitrogens is 1. The first-order valence-corrected chi connectivity index (χ1v) is 5.98. The van der Waals surface area contributed by atoms with Gasteiger partial charge in [0.1, 0.15) is 0 Å². The lowest BCUT2D eigenvalue weighted by molar-refractivity contribution is 0.291. The molecule has 78 valence electrons. The topological polar surface area (TPSA) is 16.1 Å². The van der Waals surface area contributed by atoms with E-state index >= 15 is 0 Å². The Hall–Kier alpha value is -0.410. The molecule has 1 rings (SSSR count). The van der Waals surface area contributed by atoms with Gasteiger partial charge in [0.25, 0.3) is 0 Å². The third kappa shape index (κ3) is 4.20. The highest BCUT2D eigenvalue weighted by atomic mass is 79.9. The normalized spacial score (nSPS) is 13.1.